The first-order chi connectivity index (χ1) is 28.4. The fourth-order valence-electron chi connectivity index (χ4n) is 7.37. The van der Waals surface area contributed by atoms with Gasteiger partial charge in [0.05, 0.1) is 45.4 Å². The van der Waals surface area contributed by atoms with Gasteiger partial charge in [-0.2, -0.15) is 0 Å². The average Bonchev–Trinajstić information content (AvgIpc) is 3.27. The summed E-state index contributed by atoms with van der Waals surface area (Å²) in [6.45, 7) is 3.65. The molecule has 0 saturated carbocycles. The van der Waals surface area contributed by atoms with Gasteiger partial charge >= 0.3 is 0 Å². The fourth-order valence-corrected chi connectivity index (χ4v) is 9.20. The van der Waals surface area contributed by atoms with Crippen LogP contribution in [-0.2, 0) is 63.1 Å². The average molecular weight is 815 g/mol. The third-order valence-electron chi connectivity index (χ3n) is 10.5. The van der Waals surface area contributed by atoms with Crippen molar-refractivity contribution in [3.8, 4) is 5.75 Å². The molecule has 5 atom stereocenters. The van der Waals surface area contributed by atoms with E-state index in [1.54, 1.807) is 13.2 Å². The summed E-state index contributed by atoms with van der Waals surface area (Å²) in [6, 6.07) is 52.6. The maximum Gasteiger partial charge on any atom is 0.168 e. The molecule has 1 saturated heterocycles. The molecule has 1 aliphatic heterocycles. The van der Waals surface area contributed by atoms with Crippen LogP contribution in [0.15, 0.2) is 158 Å². The number of thioether (sulfide) groups is 1. The minimum atomic E-state index is -1.71. The molecular formula is C50H51ClO6S. The number of ether oxygens (including phenoxy) is 5. The Morgan fingerprint density at radius 2 is 1.07 bits per heavy atom. The van der Waals surface area contributed by atoms with Gasteiger partial charge in [-0.05, 0) is 63.9 Å². The SMILES string of the molecule is CCc1ccc(Cc2cc(C3(O)S[C@H](COCc4ccccc4)[C@@H](OCc4ccccc4)[C@H](OCc4ccccc4)[C@H]3OCc3ccccc3)c(OC)cc2Cl)cc1. The van der Waals surface area contributed by atoms with Crippen molar-refractivity contribution in [2.45, 2.75) is 74.7 Å². The highest BCUT2D eigenvalue weighted by Gasteiger charge is 2.57. The number of aryl methyl sites for hydroxylation is 1. The van der Waals surface area contributed by atoms with Gasteiger partial charge in [-0.25, -0.2) is 0 Å². The van der Waals surface area contributed by atoms with Gasteiger partial charge in [0.25, 0.3) is 0 Å². The van der Waals surface area contributed by atoms with E-state index in [-0.39, 0.29) is 19.8 Å². The molecule has 300 valence electrons. The largest absolute Gasteiger partial charge is 0.496 e. The van der Waals surface area contributed by atoms with Crippen LogP contribution in [0.1, 0.15) is 51.4 Å². The molecule has 6 nitrogen and oxygen atoms in total. The van der Waals surface area contributed by atoms with Crippen molar-refractivity contribution < 1.29 is 28.8 Å². The number of hydrogen-bond donors (Lipinski definition) is 1. The molecular weight excluding hydrogens is 764 g/mol. The molecule has 1 heterocycles. The summed E-state index contributed by atoms with van der Waals surface area (Å²) >= 11 is 8.38. The molecule has 7 rings (SSSR count). The minimum Gasteiger partial charge on any atom is -0.496 e. The van der Waals surface area contributed by atoms with E-state index in [0.717, 1.165) is 39.8 Å². The lowest BCUT2D eigenvalue weighted by Gasteiger charge is -2.50. The van der Waals surface area contributed by atoms with E-state index < -0.39 is 28.5 Å². The summed E-state index contributed by atoms with van der Waals surface area (Å²) in [7, 11) is 1.60. The predicted octanol–water partition coefficient (Wildman–Crippen LogP) is 10.7. The van der Waals surface area contributed by atoms with Gasteiger partial charge in [0.2, 0.25) is 0 Å². The lowest BCUT2D eigenvalue weighted by atomic mass is 9.90. The van der Waals surface area contributed by atoms with Crippen molar-refractivity contribution in [3.63, 3.8) is 0 Å². The maximum absolute atomic E-state index is 13.6. The molecule has 1 N–H and O–H groups in total. The molecule has 6 aromatic rings. The molecule has 0 aliphatic carbocycles. The van der Waals surface area contributed by atoms with Crippen molar-refractivity contribution >= 4 is 23.4 Å². The van der Waals surface area contributed by atoms with Crippen LogP contribution in [0.5, 0.6) is 5.75 Å². The summed E-state index contributed by atoms with van der Waals surface area (Å²) in [5.41, 5.74) is 7.82. The molecule has 0 amide bonds. The lowest BCUT2D eigenvalue weighted by molar-refractivity contribution is -0.199. The Kier molecular flexibility index (Phi) is 14.7. The highest BCUT2D eigenvalue weighted by Crippen LogP contribution is 2.53. The van der Waals surface area contributed by atoms with Gasteiger partial charge < -0.3 is 28.8 Å². The van der Waals surface area contributed by atoms with Crippen LogP contribution >= 0.6 is 23.4 Å². The third kappa shape index (κ3) is 10.6. The van der Waals surface area contributed by atoms with Crippen molar-refractivity contribution in [2.24, 2.45) is 0 Å². The van der Waals surface area contributed by atoms with Gasteiger partial charge in [-0.1, -0.05) is 164 Å². The van der Waals surface area contributed by atoms with E-state index in [9.17, 15) is 5.11 Å². The Morgan fingerprint density at radius 3 is 1.59 bits per heavy atom. The summed E-state index contributed by atoms with van der Waals surface area (Å²) in [5.74, 6) is 0.452. The van der Waals surface area contributed by atoms with Gasteiger partial charge in [0, 0.05) is 10.6 Å². The minimum absolute atomic E-state index is 0.229. The lowest BCUT2D eigenvalue weighted by Crippen LogP contribution is -2.61. The molecule has 0 bridgehead atoms. The van der Waals surface area contributed by atoms with Gasteiger partial charge in [-0.3, -0.25) is 0 Å². The Hall–Kier alpha value is -4.44. The van der Waals surface area contributed by atoms with Crippen LogP contribution in [0.4, 0.5) is 0 Å². The van der Waals surface area contributed by atoms with Crippen molar-refractivity contribution in [1.82, 2.24) is 0 Å². The predicted molar refractivity (Wildman–Crippen MR) is 233 cm³/mol. The normalized spacial score (nSPS) is 20.5. The molecule has 1 aliphatic rings. The first-order valence-electron chi connectivity index (χ1n) is 19.9. The number of rotatable bonds is 18. The molecule has 0 radical (unpaired) electrons. The number of methoxy groups -OCH3 is 1. The number of benzene rings is 6. The van der Waals surface area contributed by atoms with Crippen LogP contribution in [0.2, 0.25) is 5.02 Å². The number of hydrogen-bond acceptors (Lipinski definition) is 7. The van der Waals surface area contributed by atoms with Gasteiger partial charge in [0.1, 0.15) is 24.1 Å². The second kappa shape index (κ2) is 20.5. The van der Waals surface area contributed by atoms with Gasteiger partial charge in [0.15, 0.2) is 4.93 Å². The van der Waals surface area contributed by atoms with Crippen LogP contribution in [0, 0.1) is 0 Å². The first kappa shape index (κ1) is 41.7. The molecule has 8 heteroatoms. The van der Waals surface area contributed by atoms with Crippen LogP contribution in [0.3, 0.4) is 0 Å². The van der Waals surface area contributed by atoms with E-state index in [1.807, 2.05) is 127 Å². The Balaban J connectivity index is 1.33. The zero-order valence-electron chi connectivity index (χ0n) is 33.0. The standard InChI is InChI=1S/C50H51ClO6S/c1-3-36-24-26-37(27-25-36)28-42-29-43(45(53-2)30-44(42)51)50(52)49(57-34-41-22-14-7-15-23-41)48(56-33-40-20-12-6-13-21-40)47(55-32-39-18-10-5-11-19-39)46(58-50)35-54-31-38-16-8-4-9-17-38/h4-27,29-30,46-49,52H,3,28,31-35H2,1-2H3/t46-,47-,48+,49-,50?/m1/s1. The second-order valence-electron chi connectivity index (χ2n) is 14.6. The number of aliphatic hydroxyl groups is 1. The number of halogens is 1. The topological polar surface area (TPSA) is 66.4 Å². The first-order valence-corrected chi connectivity index (χ1v) is 21.1. The summed E-state index contributed by atoms with van der Waals surface area (Å²) in [4.78, 5) is -1.71. The summed E-state index contributed by atoms with van der Waals surface area (Å²) in [6.07, 6.45) is -0.715. The zero-order valence-corrected chi connectivity index (χ0v) is 34.6. The van der Waals surface area contributed by atoms with Crippen LogP contribution in [-0.4, -0.2) is 42.4 Å². The van der Waals surface area contributed by atoms with E-state index in [4.69, 9.17) is 35.3 Å². The molecule has 1 unspecified atom stereocenters. The van der Waals surface area contributed by atoms with Crippen molar-refractivity contribution in [1.29, 1.82) is 0 Å². The second-order valence-corrected chi connectivity index (χ2v) is 16.5. The molecule has 0 aromatic heterocycles. The van der Waals surface area contributed by atoms with E-state index >= 15 is 0 Å². The van der Waals surface area contributed by atoms with E-state index in [2.05, 4.69) is 31.2 Å². The Labute approximate surface area is 352 Å². The molecule has 58 heavy (non-hydrogen) atoms. The van der Waals surface area contributed by atoms with Gasteiger partial charge in [-0.15, -0.1) is 11.8 Å². The van der Waals surface area contributed by atoms with Crippen LogP contribution < -0.4 is 4.74 Å². The third-order valence-corrected chi connectivity index (χ3v) is 12.4. The molecule has 0 spiro atoms. The smallest absolute Gasteiger partial charge is 0.168 e. The highest BCUT2D eigenvalue weighted by atomic mass is 35.5. The Bertz CT molecular complexity index is 2140. The summed E-state index contributed by atoms with van der Waals surface area (Å²) in [5, 5.41) is 13.8. The highest BCUT2D eigenvalue weighted by molar-refractivity contribution is 8.00. The molecule has 1 fully saturated rings. The molecule has 6 aromatic carbocycles. The quantitative estimate of drug-likeness (QED) is 0.0927. The Morgan fingerprint density at radius 1 is 0.586 bits per heavy atom. The maximum atomic E-state index is 13.6. The van der Waals surface area contributed by atoms with E-state index in [1.165, 1.54) is 17.3 Å². The van der Waals surface area contributed by atoms with E-state index in [0.29, 0.717) is 36.0 Å². The van der Waals surface area contributed by atoms with Crippen LogP contribution in [0.25, 0.3) is 0 Å². The zero-order chi connectivity index (χ0) is 40.2. The van der Waals surface area contributed by atoms with Crippen molar-refractivity contribution in [3.05, 3.63) is 207 Å². The summed E-state index contributed by atoms with van der Waals surface area (Å²) < 4.78 is 33.4. The fraction of sp³-hybridized carbons (Fsp3) is 0.280. The monoisotopic (exact) mass is 814 g/mol. The van der Waals surface area contributed by atoms with Crippen molar-refractivity contribution in [2.75, 3.05) is 13.7 Å².